The Morgan fingerprint density at radius 2 is 2.11 bits per heavy atom. The lowest BCUT2D eigenvalue weighted by Gasteiger charge is -2.20. The number of benzene rings is 1. The van der Waals surface area contributed by atoms with Crippen molar-refractivity contribution >= 4 is 5.97 Å². The van der Waals surface area contributed by atoms with Gasteiger partial charge < -0.3 is 19.3 Å². The number of carbonyl (C=O) groups is 1. The third-order valence-electron chi connectivity index (χ3n) is 3.37. The van der Waals surface area contributed by atoms with Crippen LogP contribution in [0.1, 0.15) is 24.3 Å². The summed E-state index contributed by atoms with van der Waals surface area (Å²) in [6.07, 6.45) is 1.41. The maximum Gasteiger partial charge on any atom is 0.313 e. The molecule has 19 heavy (non-hydrogen) atoms. The van der Waals surface area contributed by atoms with Gasteiger partial charge in [0.2, 0.25) is 0 Å². The zero-order chi connectivity index (χ0) is 13.8. The zero-order valence-electron chi connectivity index (χ0n) is 11.1. The van der Waals surface area contributed by atoms with E-state index in [1.54, 1.807) is 25.3 Å². The second-order valence-electron chi connectivity index (χ2n) is 4.48. The van der Waals surface area contributed by atoms with E-state index in [1.807, 2.05) is 0 Å². The van der Waals surface area contributed by atoms with E-state index in [-0.39, 0.29) is 6.10 Å². The third kappa shape index (κ3) is 2.81. The van der Waals surface area contributed by atoms with Crippen LogP contribution >= 0.6 is 0 Å². The van der Waals surface area contributed by atoms with Crippen molar-refractivity contribution in [3.8, 4) is 11.5 Å². The average molecular weight is 266 g/mol. The standard InChI is InChI=1S/C14H18O5/c1-17-10-6-5-9(8-12(10)18-2)13(14(15)16)11-4-3-7-19-11/h5-6,8,11,13H,3-4,7H2,1-2H3,(H,15,16). The summed E-state index contributed by atoms with van der Waals surface area (Å²) in [4.78, 5) is 11.5. The van der Waals surface area contributed by atoms with E-state index in [2.05, 4.69) is 0 Å². The average Bonchev–Trinajstić information content (AvgIpc) is 2.92. The molecule has 0 aromatic heterocycles. The van der Waals surface area contributed by atoms with E-state index in [0.29, 0.717) is 23.7 Å². The van der Waals surface area contributed by atoms with Crippen molar-refractivity contribution in [2.45, 2.75) is 24.9 Å². The molecular formula is C14H18O5. The highest BCUT2D eigenvalue weighted by Gasteiger charge is 2.33. The molecular weight excluding hydrogens is 248 g/mol. The predicted molar refractivity (Wildman–Crippen MR) is 68.9 cm³/mol. The van der Waals surface area contributed by atoms with Crippen LogP contribution in [0.15, 0.2) is 18.2 Å². The van der Waals surface area contributed by atoms with Gasteiger partial charge in [0.1, 0.15) is 5.92 Å². The summed E-state index contributed by atoms with van der Waals surface area (Å²) in [5, 5.41) is 9.43. The lowest BCUT2D eigenvalue weighted by Crippen LogP contribution is -2.25. The molecule has 1 aliphatic rings. The van der Waals surface area contributed by atoms with E-state index in [1.165, 1.54) is 7.11 Å². The second kappa shape index (κ2) is 5.93. The van der Waals surface area contributed by atoms with E-state index in [0.717, 1.165) is 12.8 Å². The van der Waals surface area contributed by atoms with E-state index < -0.39 is 11.9 Å². The molecule has 5 nitrogen and oxygen atoms in total. The maximum absolute atomic E-state index is 11.5. The number of carboxylic acids is 1. The van der Waals surface area contributed by atoms with Gasteiger partial charge in [-0.25, -0.2) is 0 Å². The van der Waals surface area contributed by atoms with Gasteiger partial charge in [0.25, 0.3) is 0 Å². The van der Waals surface area contributed by atoms with Gasteiger partial charge in [-0.3, -0.25) is 4.79 Å². The molecule has 2 unspecified atom stereocenters. The molecule has 0 spiro atoms. The van der Waals surface area contributed by atoms with Crippen molar-refractivity contribution in [3.05, 3.63) is 23.8 Å². The molecule has 2 atom stereocenters. The molecule has 104 valence electrons. The molecule has 0 radical (unpaired) electrons. The van der Waals surface area contributed by atoms with Crippen molar-refractivity contribution in [2.24, 2.45) is 0 Å². The molecule has 0 aliphatic carbocycles. The lowest BCUT2D eigenvalue weighted by atomic mass is 9.91. The Morgan fingerprint density at radius 3 is 2.63 bits per heavy atom. The SMILES string of the molecule is COc1ccc(C(C(=O)O)C2CCCO2)cc1OC. The Bertz CT molecular complexity index is 451. The minimum atomic E-state index is -0.876. The fraction of sp³-hybridized carbons (Fsp3) is 0.500. The number of hydrogen-bond donors (Lipinski definition) is 1. The third-order valence-corrected chi connectivity index (χ3v) is 3.37. The van der Waals surface area contributed by atoms with Crippen LogP contribution in [0.25, 0.3) is 0 Å². The topological polar surface area (TPSA) is 65.0 Å². The minimum absolute atomic E-state index is 0.268. The van der Waals surface area contributed by atoms with Crippen LogP contribution in [0.2, 0.25) is 0 Å². The highest BCUT2D eigenvalue weighted by molar-refractivity contribution is 5.77. The smallest absolute Gasteiger partial charge is 0.313 e. The predicted octanol–water partition coefficient (Wildman–Crippen LogP) is 2.05. The molecule has 1 fully saturated rings. The van der Waals surface area contributed by atoms with Crippen LogP contribution in [0.5, 0.6) is 11.5 Å². The fourth-order valence-corrected chi connectivity index (χ4v) is 2.43. The van der Waals surface area contributed by atoms with E-state index in [4.69, 9.17) is 14.2 Å². The van der Waals surface area contributed by atoms with Gasteiger partial charge in [0.05, 0.1) is 20.3 Å². The van der Waals surface area contributed by atoms with Crippen molar-refractivity contribution in [1.82, 2.24) is 0 Å². The first-order chi connectivity index (χ1) is 9.17. The molecule has 1 N–H and O–H groups in total. The number of ether oxygens (including phenoxy) is 3. The fourth-order valence-electron chi connectivity index (χ4n) is 2.43. The van der Waals surface area contributed by atoms with Crippen LogP contribution in [-0.4, -0.2) is 38.0 Å². The van der Waals surface area contributed by atoms with Gasteiger partial charge in [0, 0.05) is 6.61 Å². The Kier molecular flexibility index (Phi) is 4.27. The quantitative estimate of drug-likeness (QED) is 0.883. The van der Waals surface area contributed by atoms with Gasteiger partial charge in [-0.15, -0.1) is 0 Å². The summed E-state index contributed by atoms with van der Waals surface area (Å²) in [6, 6.07) is 5.18. The van der Waals surface area contributed by atoms with Crippen LogP contribution in [0.3, 0.4) is 0 Å². The molecule has 1 saturated heterocycles. The highest BCUT2D eigenvalue weighted by atomic mass is 16.5. The first-order valence-electron chi connectivity index (χ1n) is 6.23. The summed E-state index contributed by atoms with van der Waals surface area (Å²) in [7, 11) is 3.08. The molecule has 1 aromatic carbocycles. The number of hydrogen-bond acceptors (Lipinski definition) is 4. The maximum atomic E-state index is 11.5. The first kappa shape index (κ1) is 13.7. The molecule has 5 heteroatoms. The lowest BCUT2D eigenvalue weighted by molar-refractivity contribution is -0.141. The van der Waals surface area contributed by atoms with Crippen molar-refractivity contribution < 1.29 is 24.1 Å². The van der Waals surface area contributed by atoms with Crippen LogP contribution in [0.4, 0.5) is 0 Å². The second-order valence-corrected chi connectivity index (χ2v) is 4.48. The van der Waals surface area contributed by atoms with Gasteiger partial charge in [0.15, 0.2) is 11.5 Å². The van der Waals surface area contributed by atoms with Crippen LogP contribution in [0, 0.1) is 0 Å². The monoisotopic (exact) mass is 266 g/mol. The summed E-state index contributed by atoms with van der Waals surface area (Å²) in [5.74, 6) is -0.423. The van der Waals surface area contributed by atoms with Gasteiger partial charge in [-0.05, 0) is 30.5 Å². The van der Waals surface area contributed by atoms with Gasteiger partial charge >= 0.3 is 5.97 Å². The molecule has 0 bridgehead atoms. The normalized spacial score (nSPS) is 20.0. The van der Waals surface area contributed by atoms with Crippen LogP contribution < -0.4 is 9.47 Å². The van der Waals surface area contributed by atoms with Crippen LogP contribution in [-0.2, 0) is 9.53 Å². The van der Waals surface area contributed by atoms with Gasteiger partial charge in [-0.1, -0.05) is 6.07 Å². The van der Waals surface area contributed by atoms with Crippen molar-refractivity contribution in [1.29, 1.82) is 0 Å². The molecule has 1 aromatic rings. The first-order valence-corrected chi connectivity index (χ1v) is 6.23. The Hall–Kier alpha value is -1.75. The molecule has 2 rings (SSSR count). The summed E-state index contributed by atoms with van der Waals surface area (Å²) >= 11 is 0. The Labute approximate surface area is 112 Å². The number of aliphatic carboxylic acids is 1. The van der Waals surface area contributed by atoms with Crippen molar-refractivity contribution in [3.63, 3.8) is 0 Å². The van der Waals surface area contributed by atoms with E-state index in [9.17, 15) is 9.90 Å². The number of methoxy groups -OCH3 is 2. The Morgan fingerprint density at radius 1 is 1.37 bits per heavy atom. The zero-order valence-corrected chi connectivity index (χ0v) is 11.1. The van der Waals surface area contributed by atoms with Crippen molar-refractivity contribution in [2.75, 3.05) is 20.8 Å². The molecule has 0 saturated carbocycles. The Balaban J connectivity index is 2.33. The number of carboxylic acid groups (broad SMARTS) is 1. The minimum Gasteiger partial charge on any atom is -0.493 e. The summed E-state index contributed by atoms with van der Waals surface area (Å²) in [6.45, 7) is 0.627. The van der Waals surface area contributed by atoms with Gasteiger partial charge in [-0.2, -0.15) is 0 Å². The molecule has 0 amide bonds. The number of rotatable bonds is 5. The molecule has 1 aliphatic heterocycles. The van der Waals surface area contributed by atoms with E-state index >= 15 is 0 Å². The largest absolute Gasteiger partial charge is 0.493 e. The summed E-state index contributed by atoms with van der Waals surface area (Å²) in [5.41, 5.74) is 0.678. The summed E-state index contributed by atoms with van der Waals surface area (Å²) < 4.78 is 15.9. The highest BCUT2D eigenvalue weighted by Crippen LogP contribution is 2.35. The molecule has 1 heterocycles.